The second kappa shape index (κ2) is 5.84. The fourth-order valence-electron chi connectivity index (χ4n) is 1.18. The Morgan fingerprint density at radius 2 is 2.00 bits per heavy atom. The van der Waals surface area contributed by atoms with Gasteiger partial charge in [0.15, 0.2) is 0 Å². The van der Waals surface area contributed by atoms with E-state index < -0.39 is 0 Å². The first-order valence-electron chi connectivity index (χ1n) is 4.51. The van der Waals surface area contributed by atoms with Gasteiger partial charge in [-0.2, -0.15) is 0 Å². The Bertz CT molecular complexity index is 155. The molecule has 0 aromatic carbocycles. The monoisotopic (exact) mass is 165 g/mol. The number of hydrogen-bond donors (Lipinski definition) is 1. The molecule has 0 bridgehead atoms. The summed E-state index contributed by atoms with van der Waals surface area (Å²) in [6, 6.07) is 0. The Labute approximate surface area is 74.9 Å². The van der Waals surface area contributed by atoms with E-state index in [4.69, 9.17) is 0 Å². The number of nitrogens with zero attached hydrogens (tertiary/aromatic N) is 1. The van der Waals surface area contributed by atoms with Gasteiger partial charge in [-0.15, -0.1) is 0 Å². The molecule has 0 spiro atoms. The lowest BCUT2D eigenvalue weighted by molar-refractivity contribution is 0.324. The standard InChI is InChI=1S/C10H17N2/c1-2-3-4-5-8-12-9-6-11-7-10-12/h3-5,8,11H,1-2,6-7,9-10H2/b4-3+,8-5+. The summed E-state index contributed by atoms with van der Waals surface area (Å²) in [6.45, 7) is 8.17. The maximum absolute atomic E-state index is 3.73. The third-order valence-electron chi connectivity index (χ3n) is 1.86. The second-order valence-corrected chi connectivity index (χ2v) is 2.84. The van der Waals surface area contributed by atoms with Crippen molar-refractivity contribution in [3.8, 4) is 0 Å². The van der Waals surface area contributed by atoms with E-state index in [-0.39, 0.29) is 0 Å². The van der Waals surface area contributed by atoms with Crippen LogP contribution in [0.3, 0.4) is 0 Å². The summed E-state index contributed by atoms with van der Waals surface area (Å²) in [4.78, 5) is 2.32. The van der Waals surface area contributed by atoms with Crippen molar-refractivity contribution >= 4 is 0 Å². The summed E-state index contributed by atoms with van der Waals surface area (Å²) < 4.78 is 0. The van der Waals surface area contributed by atoms with E-state index in [1.807, 2.05) is 0 Å². The maximum Gasteiger partial charge on any atom is 0.0298 e. The van der Waals surface area contributed by atoms with Gasteiger partial charge in [-0.25, -0.2) is 0 Å². The average Bonchev–Trinajstić information content (AvgIpc) is 2.14. The first-order chi connectivity index (χ1) is 5.93. The molecule has 1 fully saturated rings. The van der Waals surface area contributed by atoms with E-state index in [0.29, 0.717) is 0 Å². The number of hydrogen-bond acceptors (Lipinski definition) is 2. The number of rotatable bonds is 3. The molecule has 0 unspecified atom stereocenters. The molecular formula is C10H17N2. The van der Waals surface area contributed by atoms with Crippen LogP contribution in [0.5, 0.6) is 0 Å². The van der Waals surface area contributed by atoms with E-state index in [0.717, 1.165) is 32.6 Å². The van der Waals surface area contributed by atoms with Crippen LogP contribution in [0.1, 0.15) is 6.42 Å². The van der Waals surface area contributed by atoms with E-state index in [1.165, 1.54) is 0 Å². The molecule has 0 saturated carbocycles. The Morgan fingerprint density at radius 1 is 1.25 bits per heavy atom. The minimum atomic E-state index is 0.867. The Kier molecular flexibility index (Phi) is 4.54. The third kappa shape index (κ3) is 3.58. The smallest absolute Gasteiger partial charge is 0.0298 e. The number of allylic oxidation sites excluding steroid dienone is 3. The fourth-order valence-corrected chi connectivity index (χ4v) is 1.18. The highest BCUT2D eigenvalue weighted by Gasteiger charge is 2.02. The van der Waals surface area contributed by atoms with Crippen LogP contribution >= 0.6 is 0 Å². The minimum Gasteiger partial charge on any atom is -0.375 e. The predicted octanol–water partition coefficient (Wildman–Crippen LogP) is 1.19. The second-order valence-electron chi connectivity index (χ2n) is 2.84. The molecule has 12 heavy (non-hydrogen) atoms. The van der Waals surface area contributed by atoms with Crippen LogP contribution < -0.4 is 5.32 Å². The van der Waals surface area contributed by atoms with Gasteiger partial charge >= 0.3 is 0 Å². The zero-order valence-corrected chi connectivity index (χ0v) is 7.50. The van der Waals surface area contributed by atoms with Crippen LogP contribution in [0.2, 0.25) is 0 Å². The van der Waals surface area contributed by atoms with Crippen LogP contribution in [0.4, 0.5) is 0 Å². The van der Waals surface area contributed by atoms with Crippen molar-refractivity contribution in [2.24, 2.45) is 0 Å². The molecule has 1 saturated heterocycles. The van der Waals surface area contributed by atoms with E-state index in [9.17, 15) is 0 Å². The summed E-state index contributed by atoms with van der Waals surface area (Å²) in [7, 11) is 0. The van der Waals surface area contributed by atoms with E-state index in [2.05, 4.69) is 41.6 Å². The summed E-state index contributed by atoms with van der Waals surface area (Å²) in [5, 5.41) is 3.31. The zero-order valence-electron chi connectivity index (χ0n) is 7.50. The quantitative estimate of drug-likeness (QED) is 0.632. The Morgan fingerprint density at radius 3 is 2.67 bits per heavy atom. The van der Waals surface area contributed by atoms with Crippen molar-refractivity contribution in [2.45, 2.75) is 6.42 Å². The third-order valence-corrected chi connectivity index (χ3v) is 1.86. The molecule has 1 N–H and O–H groups in total. The average molecular weight is 165 g/mol. The molecule has 67 valence electrons. The molecule has 1 heterocycles. The fraction of sp³-hybridized carbons (Fsp3) is 0.500. The molecule has 0 aliphatic carbocycles. The maximum atomic E-state index is 3.73. The van der Waals surface area contributed by atoms with Gasteiger partial charge in [-0.3, -0.25) is 0 Å². The van der Waals surface area contributed by atoms with Crippen molar-refractivity contribution in [3.05, 3.63) is 31.4 Å². The molecule has 0 aromatic heterocycles. The summed E-state index contributed by atoms with van der Waals surface area (Å²) in [5.74, 6) is 0. The van der Waals surface area contributed by atoms with E-state index >= 15 is 0 Å². The van der Waals surface area contributed by atoms with Crippen molar-refractivity contribution in [3.63, 3.8) is 0 Å². The van der Waals surface area contributed by atoms with Crippen LogP contribution in [0.15, 0.2) is 24.4 Å². The Hall–Kier alpha value is -0.760. The van der Waals surface area contributed by atoms with Gasteiger partial charge in [-0.05, 0) is 25.6 Å². The van der Waals surface area contributed by atoms with Crippen molar-refractivity contribution in [1.82, 2.24) is 10.2 Å². The van der Waals surface area contributed by atoms with Gasteiger partial charge in [0.25, 0.3) is 0 Å². The first kappa shape index (κ1) is 9.33. The van der Waals surface area contributed by atoms with Gasteiger partial charge in [-0.1, -0.05) is 12.2 Å². The molecule has 1 aliphatic heterocycles. The molecule has 2 heteroatoms. The van der Waals surface area contributed by atoms with Crippen LogP contribution in [0, 0.1) is 6.92 Å². The first-order valence-corrected chi connectivity index (χ1v) is 4.51. The highest BCUT2D eigenvalue weighted by atomic mass is 15.2. The van der Waals surface area contributed by atoms with Crippen LogP contribution in [-0.2, 0) is 0 Å². The lowest BCUT2D eigenvalue weighted by atomic mass is 10.3. The normalized spacial score (nSPS) is 19.6. The zero-order chi connectivity index (χ0) is 8.65. The van der Waals surface area contributed by atoms with Gasteiger partial charge in [0, 0.05) is 26.2 Å². The lowest BCUT2D eigenvalue weighted by Crippen LogP contribution is -2.40. The topological polar surface area (TPSA) is 15.3 Å². The Balaban J connectivity index is 2.19. The van der Waals surface area contributed by atoms with Crippen molar-refractivity contribution in [2.75, 3.05) is 26.2 Å². The van der Waals surface area contributed by atoms with Crippen LogP contribution in [-0.4, -0.2) is 31.1 Å². The van der Waals surface area contributed by atoms with Crippen LogP contribution in [0.25, 0.3) is 0 Å². The summed E-state index contributed by atoms with van der Waals surface area (Å²) in [6.07, 6.45) is 9.20. The largest absolute Gasteiger partial charge is 0.375 e. The molecule has 0 amide bonds. The predicted molar refractivity (Wildman–Crippen MR) is 52.7 cm³/mol. The van der Waals surface area contributed by atoms with Gasteiger partial charge in [0.05, 0.1) is 0 Å². The molecule has 0 atom stereocenters. The van der Waals surface area contributed by atoms with Crippen molar-refractivity contribution in [1.29, 1.82) is 0 Å². The SMILES string of the molecule is [CH2]C/C=C/C=C/N1CCNCC1. The van der Waals surface area contributed by atoms with Crippen molar-refractivity contribution < 1.29 is 0 Å². The van der Waals surface area contributed by atoms with Gasteiger partial charge < -0.3 is 10.2 Å². The van der Waals surface area contributed by atoms with E-state index in [1.54, 1.807) is 0 Å². The van der Waals surface area contributed by atoms with Gasteiger partial charge in [0.1, 0.15) is 0 Å². The molecular weight excluding hydrogens is 148 g/mol. The highest BCUT2D eigenvalue weighted by Crippen LogP contribution is 1.93. The highest BCUT2D eigenvalue weighted by molar-refractivity contribution is 5.02. The summed E-state index contributed by atoms with van der Waals surface area (Å²) in [5.41, 5.74) is 0. The molecule has 2 nitrogen and oxygen atoms in total. The molecule has 1 aliphatic rings. The molecule has 1 rings (SSSR count). The molecule has 1 radical (unpaired) electrons. The number of nitrogens with one attached hydrogen (secondary N) is 1. The molecule has 0 aromatic rings. The number of piperazine rings is 1. The lowest BCUT2D eigenvalue weighted by Gasteiger charge is -2.25. The summed E-state index contributed by atoms with van der Waals surface area (Å²) >= 11 is 0. The van der Waals surface area contributed by atoms with Gasteiger partial charge in [0.2, 0.25) is 0 Å². The minimum absolute atomic E-state index is 0.867.